The van der Waals surface area contributed by atoms with Crippen LogP contribution in [0.2, 0.25) is 0 Å². The molecule has 1 rings (SSSR count). The summed E-state index contributed by atoms with van der Waals surface area (Å²) >= 11 is 0. The van der Waals surface area contributed by atoms with E-state index in [1.165, 1.54) is 164 Å². The molecule has 5 heteroatoms. The van der Waals surface area contributed by atoms with Gasteiger partial charge in [0, 0.05) is 0 Å². The molecular weight excluding hydrogens is 547 g/mol. The smallest absolute Gasteiger partial charge is 0.0786 e. The summed E-state index contributed by atoms with van der Waals surface area (Å²) in [5, 5.41) is 0.368. The fourth-order valence-electron chi connectivity index (χ4n) is 5.84. The molecule has 43 heavy (non-hydrogen) atoms. The number of rotatable bonds is 25. The predicted molar refractivity (Wildman–Crippen MR) is 192 cm³/mol. The Labute approximate surface area is 272 Å². The van der Waals surface area contributed by atoms with Gasteiger partial charge in [-0.05, 0) is 51.4 Å². The highest BCUT2D eigenvalue weighted by molar-refractivity contribution is 7.51. The van der Waals surface area contributed by atoms with E-state index in [4.69, 9.17) is 0 Å². The number of unbranched alkanes of at least 4 members (excludes halogenated alkanes) is 8. The Morgan fingerprint density at radius 1 is 0.395 bits per heavy atom. The molecule has 0 radical (unpaired) electrons. The number of quaternary nitrogens is 2. The molecule has 256 valence electrons. The van der Waals surface area contributed by atoms with Gasteiger partial charge in [0.1, 0.15) is 0 Å². The van der Waals surface area contributed by atoms with Crippen molar-refractivity contribution in [2.24, 2.45) is 0 Å². The van der Waals surface area contributed by atoms with Gasteiger partial charge in [-0.15, -0.1) is 0 Å². The van der Waals surface area contributed by atoms with Crippen LogP contribution in [0.3, 0.4) is 0 Å². The SMILES string of the molecule is CCCC[N+](CCCC)(CCCC)CCCC.CCCC[N+](CCCC)(CCCC)CCCC.[O-]P([O-])c1ccccc1. The summed E-state index contributed by atoms with van der Waals surface area (Å²) in [6.07, 6.45) is 22.1. The van der Waals surface area contributed by atoms with Crippen LogP contribution >= 0.6 is 8.38 Å². The lowest BCUT2D eigenvalue weighted by Gasteiger charge is -2.39. The zero-order valence-electron chi connectivity index (χ0n) is 30.5. The van der Waals surface area contributed by atoms with Gasteiger partial charge in [-0.25, -0.2) is 0 Å². The first-order valence-electron chi connectivity index (χ1n) is 18.7. The minimum absolute atomic E-state index is 0.368. The number of nitrogens with zero attached hydrogens (tertiary/aromatic N) is 2. The molecule has 0 aliphatic rings. The largest absolute Gasteiger partial charge is 0.838 e. The fraction of sp³-hybridized carbons (Fsp3) is 0.842. The van der Waals surface area contributed by atoms with Gasteiger partial charge in [-0.1, -0.05) is 142 Å². The first kappa shape index (κ1) is 44.6. The van der Waals surface area contributed by atoms with Gasteiger partial charge in [-0.3, -0.25) is 8.38 Å². The van der Waals surface area contributed by atoms with E-state index in [2.05, 4.69) is 55.4 Å². The minimum Gasteiger partial charge on any atom is -0.838 e. The summed E-state index contributed by atoms with van der Waals surface area (Å²) in [5.41, 5.74) is 0. The Hall–Kier alpha value is -0.510. The van der Waals surface area contributed by atoms with Crippen LogP contribution in [-0.4, -0.2) is 61.3 Å². The summed E-state index contributed by atoms with van der Waals surface area (Å²) in [7, 11) is -2.40. The van der Waals surface area contributed by atoms with Crippen molar-refractivity contribution in [1.82, 2.24) is 0 Å². The molecule has 1 aromatic rings. The molecule has 0 unspecified atom stereocenters. The van der Waals surface area contributed by atoms with Gasteiger partial charge in [0.05, 0.1) is 52.4 Å². The first-order chi connectivity index (χ1) is 20.8. The minimum atomic E-state index is -2.40. The van der Waals surface area contributed by atoms with E-state index in [-0.39, 0.29) is 0 Å². The zero-order valence-corrected chi connectivity index (χ0v) is 31.4. The van der Waals surface area contributed by atoms with Gasteiger partial charge >= 0.3 is 0 Å². The standard InChI is InChI=1S/2C16H36N.C6H5O2P/c2*1-5-9-13-17(14-10-6-2,15-11-7-3)16-12-8-4;7-9(8)6-4-2-1-3-5-6/h2*5-16H2,1-4H3;1-5H/q2*+1;-2. The van der Waals surface area contributed by atoms with Crippen molar-refractivity contribution in [2.75, 3.05) is 52.4 Å². The third kappa shape index (κ3) is 24.4. The zero-order chi connectivity index (χ0) is 32.7. The van der Waals surface area contributed by atoms with Crippen molar-refractivity contribution in [3.05, 3.63) is 30.3 Å². The van der Waals surface area contributed by atoms with E-state index in [0.29, 0.717) is 5.30 Å². The van der Waals surface area contributed by atoms with E-state index in [1.807, 2.05) is 0 Å². The maximum absolute atomic E-state index is 10.2. The second-order valence-corrected chi connectivity index (χ2v) is 13.9. The van der Waals surface area contributed by atoms with E-state index in [0.717, 1.165) is 0 Å². The third-order valence-electron chi connectivity index (χ3n) is 8.86. The molecule has 0 saturated carbocycles. The second-order valence-electron chi connectivity index (χ2n) is 12.9. The van der Waals surface area contributed by atoms with E-state index >= 15 is 0 Å². The van der Waals surface area contributed by atoms with Gasteiger partial charge < -0.3 is 18.8 Å². The molecule has 1 aromatic carbocycles. The summed E-state index contributed by atoms with van der Waals surface area (Å²) in [4.78, 5) is 20.5. The van der Waals surface area contributed by atoms with Crippen molar-refractivity contribution in [1.29, 1.82) is 0 Å². The molecule has 0 bridgehead atoms. The molecule has 0 N–H and O–H groups in total. The first-order valence-corrected chi connectivity index (χ1v) is 19.9. The Morgan fingerprint density at radius 3 is 0.744 bits per heavy atom. The van der Waals surface area contributed by atoms with Crippen molar-refractivity contribution >= 4 is 13.7 Å². The highest BCUT2D eigenvalue weighted by atomic mass is 31.2. The van der Waals surface area contributed by atoms with Crippen LogP contribution in [0.5, 0.6) is 0 Å². The Kier molecular flexibility index (Phi) is 32.7. The number of hydrogen-bond donors (Lipinski definition) is 0. The van der Waals surface area contributed by atoms with Gasteiger partial charge in [-0.2, -0.15) is 0 Å². The van der Waals surface area contributed by atoms with Crippen LogP contribution in [0.4, 0.5) is 0 Å². The summed E-state index contributed by atoms with van der Waals surface area (Å²) in [6.45, 7) is 30.0. The molecule has 0 atom stereocenters. The third-order valence-corrected chi connectivity index (χ3v) is 9.57. The van der Waals surface area contributed by atoms with Crippen molar-refractivity contribution in [3.63, 3.8) is 0 Å². The van der Waals surface area contributed by atoms with Crippen LogP contribution in [0, 0.1) is 0 Å². The lowest BCUT2D eigenvalue weighted by atomic mass is 10.1. The molecule has 4 nitrogen and oxygen atoms in total. The van der Waals surface area contributed by atoms with Crippen LogP contribution in [-0.2, 0) is 0 Å². The van der Waals surface area contributed by atoms with E-state index in [9.17, 15) is 9.79 Å². The normalized spacial score (nSPS) is 11.6. The molecular formula is C38H77N2O2P. The topological polar surface area (TPSA) is 46.1 Å². The number of hydrogen-bond acceptors (Lipinski definition) is 2. The van der Waals surface area contributed by atoms with Gasteiger partial charge in [0.2, 0.25) is 0 Å². The highest BCUT2D eigenvalue weighted by Gasteiger charge is 2.25. The molecule has 0 heterocycles. The van der Waals surface area contributed by atoms with E-state index < -0.39 is 8.38 Å². The molecule has 0 fully saturated rings. The second kappa shape index (κ2) is 31.5. The lowest BCUT2D eigenvalue weighted by molar-refractivity contribution is -0.929. The fourth-order valence-corrected chi connectivity index (χ4v) is 6.26. The Morgan fingerprint density at radius 2 is 0.605 bits per heavy atom. The molecule has 0 amide bonds. The van der Waals surface area contributed by atoms with Crippen molar-refractivity contribution in [2.45, 2.75) is 158 Å². The Bertz CT molecular complexity index is 560. The molecule has 0 aromatic heterocycles. The summed E-state index contributed by atoms with van der Waals surface area (Å²) < 4.78 is 2.84. The van der Waals surface area contributed by atoms with Gasteiger partial charge in [0.25, 0.3) is 0 Å². The highest BCUT2D eigenvalue weighted by Crippen LogP contribution is 2.17. The maximum atomic E-state index is 10.2. The lowest BCUT2D eigenvalue weighted by Crippen LogP contribution is -2.50. The Balaban J connectivity index is 0. The van der Waals surface area contributed by atoms with Crippen LogP contribution < -0.4 is 15.1 Å². The van der Waals surface area contributed by atoms with Crippen molar-refractivity contribution in [3.8, 4) is 0 Å². The molecule has 0 aliphatic heterocycles. The van der Waals surface area contributed by atoms with Crippen LogP contribution in [0.1, 0.15) is 158 Å². The summed E-state index contributed by atoms with van der Waals surface area (Å²) in [6, 6.07) is 8.29. The van der Waals surface area contributed by atoms with Crippen LogP contribution in [0.15, 0.2) is 30.3 Å². The predicted octanol–water partition coefficient (Wildman–Crippen LogP) is 9.35. The monoisotopic (exact) mass is 625 g/mol. The summed E-state index contributed by atoms with van der Waals surface area (Å²) in [5.74, 6) is 0. The number of benzene rings is 1. The molecule has 0 aliphatic carbocycles. The van der Waals surface area contributed by atoms with E-state index in [1.54, 1.807) is 30.3 Å². The molecule has 0 spiro atoms. The molecule has 0 saturated heterocycles. The average molecular weight is 625 g/mol. The van der Waals surface area contributed by atoms with Crippen LogP contribution in [0.25, 0.3) is 0 Å². The van der Waals surface area contributed by atoms with Crippen molar-refractivity contribution < 1.29 is 18.8 Å². The average Bonchev–Trinajstić information content (AvgIpc) is 3.04. The maximum Gasteiger partial charge on any atom is 0.0786 e. The van der Waals surface area contributed by atoms with Gasteiger partial charge in [0.15, 0.2) is 0 Å². The quantitative estimate of drug-likeness (QED) is 0.0804.